The maximum atomic E-state index is 12.4. The maximum absolute atomic E-state index is 12.4. The summed E-state index contributed by atoms with van der Waals surface area (Å²) in [5, 5.41) is 3.34. The van der Waals surface area contributed by atoms with E-state index < -0.39 is 0 Å². The van der Waals surface area contributed by atoms with Crippen molar-refractivity contribution in [1.29, 1.82) is 0 Å². The highest BCUT2D eigenvalue weighted by molar-refractivity contribution is 5.79. The Kier molecular flexibility index (Phi) is 4.08. The van der Waals surface area contributed by atoms with E-state index in [2.05, 4.69) is 24.1 Å². The van der Waals surface area contributed by atoms with Crippen molar-refractivity contribution < 1.29 is 4.79 Å². The number of nitrogens with zero attached hydrogens (tertiary/aromatic N) is 1. The lowest BCUT2D eigenvalue weighted by molar-refractivity contribution is -0.136. The van der Waals surface area contributed by atoms with Gasteiger partial charge >= 0.3 is 0 Å². The number of carbonyl (C=O) groups is 1. The Morgan fingerprint density at radius 3 is 2.76 bits per heavy atom. The average molecular weight is 238 g/mol. The molecule has 0 aromatic carbocycles. The van der Waals surface area contributed by atoms with Gasteiger partial charge in [-0.2, -0.15) is 0 Å². The fourth-order valence-electron chi connectivity index (χ4n) is 2.96. The first kappa shape index (κ1) is 12.9. The van der Waals surface area contributed by atoms with Gasteiger partial charge in [-0.3, -0.25) is 4.79 Å². The highest BCUT2D eigenvalue weighted by Crippen LogP contribution is 2.30. The number of nitrogens with one attached hydrogen (secondary N) is 1. The molecule has 2 aliphatic rings. The van der Waals surface area contributed by atoms with Gasteiger partial charge in [-0.05, 0) is 44.1 Å². The Bertz CT molecular complexity index is 269. The Morgan fingerprint density at radius 2 is 2.06 bits per heavy atom. The summed E-state index contributed by atoms with van der Waals surface area (Å²) < 4.78 is 0. The summed E-state index contributed by atoms with van der Waals surface area (Å²) >= 11 is 0. The van der Waals surface area contributed by atoms with E-state index >= 15 is 0 Å². The molecule has 2 saturated heterocycles. The molecule has 2 rings (SSSR count). The average Bonchev–Trinajstić information content (AvgIpc) is 2.50. The summed E-state index contributed by atoms with van der Waals surface area (Å²) in [7, 11) is 0. The first-order valence-corrected chi connectivity index (χ1v) is 7.08. The molecule has 17 heavy (non-hydrogen) atoms. The van der Waals surface area contributed by atoms with Gasteiger partial charge in [0.15, 0.2) is 0 Å². The molecule has 0 aliphatic carbocycles. The highest BCUT2D eigenvalue weighted by atomic mass is 16.2. The first-order chi connectivity index (χ1) is 8.08. The van der Waals surface area contributed by atoms with Gasteiger partial charge in [0.1, 0.15) is 0 Å². The number of piperidine rings is 1. The van der Waals surface area contributed by atoms with Crippen LogP contribution in [-0.4, -0.2) is 37.0 Å². The molecule has 1 atom stereocenters. The largest absolute Gasteiger partial charge is 0.342 e. The van der Waals surface area contributed by atoms with Gasteiger partial charge in [0, 0.05) is 19.6 Å². The lowest BCUT2D eigenvalue weighted by Gasteiger charge is -2.29. The fraction of sp³-hybridized carbons (Fsp3) is 0.929. The molecule has 0 unspecified atom stereocenters. The molecule has 3 nitrogen and oxygen atoms in total. The Labute approximate surface area is 105 Å². The topological polar surface area (TPSA) is 32.3 Å². The number of likely N-dealkylation sites (tertiary alicyclic amines) is 1. The molecule has 2 heterocycles. The SMILES string of the molecule is CC1(C)CCCN(C(=O)[C@@H]2CCCNC2)CC1. The number of amides is 1. The summed E-state index contributed by atoms with van der Waals surface area (Å²) in [5.41, 5.74) is 0.417. The molecular formula is C14H26N2O. The quantitative estimate of drug-likeness (QED) is 0.758. The number of rotatable bonds is 1. The summed E-state index contributed by atoms with van der Waals surface area (Å²) in [5.74, 6) is 0.639. The monoisotopic (exact) mass is 238 g/mol. The molecule has 2 aliphatic heterocycles. The third-order valence-corrected chi connectivity index (χ3v) is 4.30. The van der Waals surface area contributed by atoms with E-state index in [4.69, 9.17) is 0 Å². The van der Waals surface area contributed by atoms with Crippen molar-refractivity contribution in [3.63, 3.8) is 0 Å². The maximum Gasteiger partial charge on any atom is 0.226 e. The van der Waals surface area contributed by atoms with E-state index in [9.17, 15) is 4.79 Å². The van der Waals surface area contributed by atoms with Crippen molar-refractivity contribution in [2.24, 2.45) is 11.3 Å². The van der Waals surface area contributed by atoms with Gasteiger partial charge < -0.3 is 10.2 Å². The van der Waals surface area contributed by atoms with Crippen LogP contribution in [0.2, 0.25) is 0 Å². The lowest BCUT2D eigenvalue weighted by Crippen LogP contribution is -2.43. The zero-order valence-electron chi connectivity index (χ0n) is 11.3. The third kappa shape index (κ3) is 3.44. The molecular weight excluding hydrogens is 212 g/mol. The van der Waals surface area contributed by atoms with E-state index in [0.717, 1.165) is 45.4 Å². The van der Waals surface area contributed by atoms with E-state index in [0.29, 0.717) is 11.3 Å². The molecule has 0 saturated carbocycles. The van der Waals surface area contributed by atoms with Gasteiger partial charge in [-0.15, -0.1) is 0 Å². The van der Waals surface area contributed by atoms with Crippen LogP contribution in [0, 0.1) is 11.3 Å². The van der Waals surface area contributed by atoms with Gasteiger partial charge in [0.25, 0.3) is 0 Å². The molecule has 0 bridgehead atoms. The van der Waals surface area contributed by atoms with Crippen LogP contribution in [0.25, 0.3) is 0 Å². The van der Waals surface area contributed by atoms with E-state index in [1.54, 1.807) is 0 Å². The standard InChI is InChI=1S/C14H26N2O/c1-14(2)6-4-9-16(10-7-14)13(17)12-5-3-8-15-11-12/h12,15H,3-11H2,1-2H3/t12-/m1/s1. The molecule has 1 N–H and O–H groups in total. The predicted molar refractivity (Wildman–Crippen MR) is 69.8 cm³/mol. The lowest BCUT2D eigenvalue weighted by atomic mass is 9.85. The molecule has 0 spiro atoms. The molecule has 0 aromatic rings. The number of carbonyl (C=O) groups excluding carboxylic acids is 1. The Morgan fingerprint density at radius 1 is 1.24 bits per heavy atom. The van der Waals surface area contributed by atoms with Crippen LogP contribution in [-0.2, 0) is 4.79 Å². The van der Waals surface area contributed by atoms with Crippen molar-refractivity contribution in [3.05, 3.63) is 0 Å². The zero-order valence-corrected chi connectivity index (χ0v) is 11.3. The fourth-order valence-corrected chi connectivity index (χ4v) is 2.96. The van der Waals surface area contributed by atoms with Crippen molar-refractivity contribution in [2.45, 2.75) is 46.0 Å². The Hall–Kier alpha value is -0.570. The van der Waals surface area contributed by atoms with E-state index in [1.807, 2.05) is 0 Å². The van der Waals surface area contributed by atoms with Gasteiger partial charge in [-0.25, -0.2) is 0 Å². The predicted octanol–water partition coefficient (Wildman–Crippen LogP) is 2.02. The number of hydrogen-bond donors (Lipinski definition) is 1. The minimum absolute atomic E-state index is 0.241. The Balaban J connectivity index is 1.90. The van der Waals surface area contributed by atoms with Gasteiger partial charge in [0.2, 0.25) is 5.91 Å². The molecule has 2 fully saturated rings. The minimum Gasteiger partial charge on any atom is -0.342 e. The van der Waals surface area contributed by atoms with Crippen molar-refractivity contribution in [2.75, 3.05) is 26.2 Å². The number of hydrogen-bond acceptors (Lipinski definition) is 2. The van der Waals surface area contributed by atoms with Crippen LogP contribution in [0.3, 0.4) is 0 Å². The van der Waals surface area contributed by atoms with Crippen LogP contribution in [0.4, 0.5) is 0 Å². The van der Waals surface area contributed by atoms with E-state index in [1.165, 1.54) is 12.8 Å². The summed E-state index contributed by atoms with van der Waals surface area (Å²) in [6.45, 7) is 8.54. The third-order valence-electron chi connectivity index (χ3n) is 4.30. The van der Waals surface area contributed by atoms with Crippen molar-refractivity contribution in [1.82, 2.24) is 10.2 Å². The second-order valence-electron chi connectivity index (χ2n) is 6.39. The van der Waals surface area contributed by atoms with Crippen LogP contribution >= 0.6 is 0 Å². The normalized spacial score (nSPS) is 29.8. The molecule has 98 valence electrons. The van der Waals surface area contributed by atoms with Gasteiger partial charge in [0.05, 0.1) is 5.92 Å². The molecule has 1 amide bonds. The van der Waals surface area contributed by atoms with E-state index in [-0.39, 0.29) is 5.92 Å². The van der Waals surface area contributed by atoms with Crippen LogP contribution in [0.15, 0.2) is 0 Å². The van der Waals surface area contributed by atoms with Crippen molar-refractivity contribution >= 4 is 5.91 Å². The van der Waals surface area contributed by atoms with Gasteiger partial charge in [-0.1, -0.05) is 13.8 Å². The van der Waals surface area contributed by atoms with Crippen molar-refractivity contribution in [3.8, 4) is 0 Å². The van der Waals surface area contributed by atoms with Crippen LogP contribution < -0.4 is 5.32 Å². The molecule has 0 aromatic heterocycles. The molecule has 0 radical (unpaired) electrons. The van der Waals surface area contributed by atoms with Crippen LogP contribution in [0.5, 0.6) is 0 Å². The summed E-state index contributed by atoms with van der Waals surface area (Å²) in [6, 6.07) is 0. The second kappa shape index (κ2) is 5.38. The first-order valence-electron chi connectivity index (χ1n) is 7.08. The molecule has 3 heteroatoms. The van der Waals surface area contributed by atoms with Crippen LogP contribution in [0.1, 0.15) is 46.0 Å². The minimum atomic E-state index is 0.241. The highest BCUT2D eigenvalue weighted by Gasteiger charge is 2.29. The summed E-state index contributed by atoms with van der Waals surface area (Å²) in [4.78, 5) is 14.5. The second-order valence-corrected chi connectivity index (χ2v) is 6.39. The zero-order chi connectivity index (χ0) is 12.3. The smallest absolute Gasteiger partial charge is 0.226 e. The summed E-state index contributed by atoms with van der Waals surface area (Å²) in [6.07, 6.45) is 5.79.